The predicted octanol–water partition coefficient (Wildman–Crippen LogP) is 1.12. The molecule has 0 aromatic carbocycles. The fourth-order valence-corrected chi connectivity index (χ4v) is 1.32. The number of hydrogen-bond acceptors (Lipinski definition) is 3. The summed E-state index contributed by atoms with van der Waals surface area (Å²) in [5.74, 6) is 0. The Bertz CT molecular complexity index is 67.1. The second kappa shape index (κ2) is 3.56. The van der Waals surface area contributed by atoms with Crippen LogP contribution in [0.4, 0.5) is 0 Å². The number of hydrogen-bond donors (Lipinski definition) is 0. The summed E-state index contributed by atoms with van der Waals surface area (Å²) in [4.78, 5) is 0. The number of morpholine rings is 1. The monoisotopic (exact) mass is 153 g/mol. The Hall–Kier alpha value is 0.560. The maximum Gasteiger partial charge on any atom is 0.0603 e. The topological polar surface area (TPSA) is 12.5 Å². The highest BCUT2D eigenvalue weighted by Crippen LogP contribution is 2.14. The van der Waals surface area contributed by atoms with E-state index in [2.05, 4.69) is 4.31 Å². The summed E-state index contributed by atoms with van der Waals surface area (Å²) in [6, 6.07) is 0. The Labute approximate surface area is 57.8 Å². The third-order valence-electron chi connectivity index (χ3n) is 1.07. The van der Waals surface area contributed by atoms with Crippen LogP contribution in [-0.2, 0) is 4.74 Å². The molecule has 0 atom stereocenters. The van der Waals surface area contributed by atoms with Crippen LogP contribution >= 0.6 is 21.8 Å². The molecule has 48 valence electrons. The highest BCUT2D eigenvalue weighted by Gasteiger charge is 2.08. The fraction of sp³-hybridized carbons (Fsp3) is 1.00. The zero-order chi connectivity index (χ0) is 5.82. The fourth-order valence-electron chi connectivity index (χ4n) is 0.616. The van der Waals surface area contributed by atoms with Gasteiger partial charge in [0.1, 0.15) is 0 Å². The van der Waals surface area contributed by atoms with Crippen LogP contribution in [0, 0.1) is 0 Å². The second-order valence-electron chi connectivity index (χ2n) is 1.61. The highest BCUT2D eigenvalue weighted by atomic mass is 35.7. The van der Waals surface area contributed by atoms with Gasteiger partial charge >= 0.3 is 0 Å². The molecular formula is C4H8ClNOS. The van der Waals surface area contributed by atoms with E-state index in [-0.39, 0.29) is 0 Å². The Kier molecular flexibility index (Phi) is 2.97. The van der Waals surface area contributed by atoms with E-state index in [0.29, 0.717) is 0 Å². The summed E-state index contributed by atoms with van der Waals surface area (Å²) in [5, 5.41) is 0. The van der Waals surface area contributed by atoms with E-state index >= 15 is 0 Å². The molecule has 0 aromatic rings. The minimum absolute atomic E-state index is 0.819. The predicted molar refractivity (Wildman–Crippen MR) is 35.8 cm³/mol. The van der Waals surface area contributed by atoms with Crippen molar-refractivity contribution < 1.29 is 4.74 Å². The van der Waals surface area contributed by atoms with Crippen molar-refractivity contribution in [2.75, 3.05) is 26.3 Å². The molecule has 1 rings (SSSR count). The third kappa shape index (κ3) is 1.82. The molecule has 1 aliphatic rings. The van der Waals surface area contributed by atoms with Crippen LogP contribution in [0.5, 0.6) is 0 Å². The van der Waals surface area contributed by atoms with E-state index in [9.17, 15) is 0 Å². The maximum absolute atomic E-state index is 5.47. The van der Waals surface area contributed by atoms with Crippen molar-refractivity contribution >= 4 is 21.8 Å². The van der Waals surface area contributed by atoms with Crippen LogP contribution < -0.4 is 0 Å². The molecular weight excluding hydrogens is 146 g/mol. The Morgan fingerprint density at radius 2 is 2.00 bits per heavy atom. The van der Waals surface area contributed by atoms with Gasteiger partial charge in [0.05, 0.1) is 13.2 Å². The second-order valence-corrected chi connectivity index (χ2v) is 2.68. The molecule has 0 bridgehead atoms. The molecule has 0 unspecified atom stereocenters. The van der Waals surface area contributed by atoms with Crippen LogP contribution in [0.15, 0.2) is 0 Å². The third-order valence-corrected chi connectivity index (χ3v) is 2.21. The number of halogens is 1. The molecule has 4 heteroatoms. The number of rotatable bonds is 1. The largest absolute Gasteiger partial charge is 0.379 e. The standard InChI is InChI=1S/C4H8ClNOS/c5-8-6-1-3-7-4-2-6/h1-4H2. The van der Waals surface area contributed by atoms with Crippen molar-refractivity contribution in [2.24, 2.45) is 0 Å². The van der Waals surface area contributed by atoms with E-state index in [1.807, 2.05) is 0 Å². The summed E-state index contributed by atoms with van der Waals surface area (Å²) < 4.78 is 7.16. The van der Waals surface area contributed by atoms with Gasteiger partial charge in [-0.05, 0) is 10.7 Å². The molecule has 0 radical (unpaired) electrons. The average molecular weight is 154 g/mol. The Morgan fingerprint density at radius 3 is 2.38 bits per heavy atom. The van der Waals surface area contributed by atoms with Gasteiger partial charge in [-0.2, -0.15) is 0 Å². The lowest BCUT2D eigenvalue weighted by molar-refractivity contribution is 0.0778. The SMILES string of the molecule is ClSN1CCOCC1. The van der Waals surface area contributed by atoms with Gasteiger partial charge in [-0.1, -0.05) is 0 Å². The summed E-state index contributed by atoms with van der Waals surface area (Å²) >= 11 is 1.27. The molecule has 0 N–H and O–H groups in total. The molecule has 2 nitrogen and oxygen atoms in total. The number of nitrogens with zero attached hydrogens (tertiary/aromatic N) is 1. The van der Waals surface area contributed by atoms with Gasteiger partial charge in [0.25, 0.3) is 0 Å². The minimum Gasteiger partial charge on any atom is -0.379 e. The van der Waals surface area contributed by atoms with Crippen LogP contribution in [0.3, 0.4) is 0 Å². The lowest BCUT2D eigenvalue weighted by Gasteiger charge is -2.21. The molecule has 0 spiro atoms. The Morgan fingerprint density at radius 1 is 1.38 bits per heavy atom. The maximum atomic E-state index is 5.47. The average Bonchev–Trinajstić information content (AvgIpc) is 1.90. The van der Waals surface area contributed by atoms with Gasteiger partial charge in [-0.25, -0.2) is 4.31 Å². The Balaban J connectivity index is 2.13. The molecule has 0 aliphatic carbocycles. The molecule has 0 saturated carbocycles. The van der Waals surface area contributed by atoms with E-state index in [1.54, 1.807) is 0 Å². The van der Waals surface area contributed by atoms with Gasteiger partial charge in [0.15, 0.2) is 0 Å². The van der Waals surface area contributed by atoms with Crippen LogP contribution in [0.25, 0.3) is 0 Å². The zero-order valence-corrected chi connectivity index (χ0v) is 6.04. The van der Waals surface area contributed by atoms with Gasteiger partial charge in [-0.15, -0.1) is 0 Å². The smallest absolute Gasteiger partial charge is 0.0603 e. The van der Waals surface area contributed by atoms with Gasteiger partial charge in [-0.3, -0.25) is 0 Å². The van der Waals surface area contributed by atoms with E-state index in [0.717, 1.165) is 26.3 Å². The summed E-state index contributed by atoms with van der Waals surface area (Å²) in [7, 11) is 5.47. The highest BCUT2D eigenvalue weighted by molar-refractivity contribution is 8.19. The summed E-state index contributed by atoms with van der Waals surface area (Å²) in [6.07, 6.45) is 0. The zero-order valence-electron chi connectivity index (χ0n) is 4.47. The van der Waals surface area contributed by atoms with Crippen molar-refractivity contribution in [1.82, 2.24) is 4.31 Å². The van der Waals surface area contributed by atoms with Crippen LogP contribution in [0.1, 0.15) is 0 Å². The molecule has 1 fully saturated rings. The van der Waals surface area contributed by atoms with Crippen LogP contribution in [0.2, 0.25) is 0 Å². The van der Waals surface area contributed by atoms with Gasteiger partial charge in [0, 0.05) is 24.3 Å². The van der Waals surface area contributed by atoms with Gasteiger partial charge in [0.2, 0.25) is 0 Å². The molecule has 1 aliphatic heterocycles. The normalized spacial score (nSPS) is 23.6. The molecule has 1 heterocycles. The first kappa shape index (κ1) is 6.68. The molecule has 1 saturated heterocycles. The first-order chi connectivity index (χ1) is 3.93. The molecule has 0 aromatic heterocycles. The summed E-state index contributed by atoms with van der Waals surface area (Å²) in [5.41, 5.74) is 0. The first-order valence-electron chi connectivity index (χ1n) is 2.55. The van der Waals surface area contributed by atoms with E-state index < -0.39 is 0 Å². The molecule has 0 amide bonds. The van der Waals surface area contributed by atoms with Crippen molar-refractivity contribution in [2.45, 2.75) is 0 Å². The van der Waals surface area contributed by atoms with Crippen molar-refractivity contribution in [3.05, 3.63) is 0 Å². The van der Waals surface area contributed by atoms with Crippen molar-refractivity contribution in [3.8, 4) is 0 Å². The van der Waals surface area contributed by atoms with E-state index in [4.69, 9.17) is 15.4 Å². The summed E-state index contributed by atoms with van der Waals surface area (Å²) in [6.45, 7) is 3.54. The minimum atomic E-state index is 0.819. The quantitative estimate of drug-likeness (QED) is 0.524. The van der Waals surface area contributed by atoms with E-state index in [1.165, 1.54) is 11.2 Å². The van der Waals surface area contributed by atoms with Gasteiger partial charge < -0.3 is 4.74 Å². The first-order valence-corrected chi connectivity index (χ1v) is 4.15. The lowest BCUT2D eigenvalue weighted by atomic mass is 10.5. The van der Waals surface area contributed by atoms with Crippen molar-refractivity contribution in [1.29, 1.82) is 0 Å². The van der Waals surface area contributed by atoms with Crippen LogP contribution in [-0.4, -0.2) is 30.6 Å². The number of ether oxygens (including phenoxy) is 1. The molecule has 8 heavy (non-hydrogen) atoms. The van der Waals surface area contributed by atoms with Crippen molar-refractivity contribution in [3.63, 3.8) is 0 Å². The lowest BCUT2D eigenvalue weighted by Crippen LogP contribution is -2.29.